The van der Waals surface area contributed by atoms with Gasteiger partial charge in [-0.15, -0.1) is 0 Å². The SMILES string of the molecule is COc1ccccc1NS(=O)(=O)CCNC(C)C. The predicted octanol–water partition coefficient (Wildman–Crippen LogP) is 1.43. The number of para-hydroxylation sites is 2. The minimum atomic E-state index is -3.36. The molecule has 0 bridgehead atoms. The average Bonchev–Trinajstić information content (AvgIpc) is 2.28. The Morgan fingerprint density at radius 2 is 1.94 bits per heavy atom. The van der Waals surface area contributed by atoms with E-state index < -0.39 is 10.0 Å². The summed E-state index contributed by atoms with van der Waals surface area (Å²) in [5, 5.41) is 3.07. The second kappa shape index (κ2) is 6.61. The molecule has 0 aliphatic carbocycles. The Balaban J connectivity index is 2.65. The van der Waals surface area contributed by atoms with Crippen molar-refractivity contribution in [1.29, 1.82) is 0 Å². The molecule has 5 nitrogen and oxygen atoms in total. The van der Waals surface area contributed by atoms with Crippen LogP contribution >= 0.6 is 0 Å². The van der Waals surface area contributed by atoms with E-state index in [0.717, 1.165) is 0 Å². The van der Waals surface area contributed by atoms with Crippen LogP contribution in [0.3, 0.4) is 0 Å². The largest absolute Gasteiger partial charge is 0.495 e. The van der Waals surface area contributed by atoms with Gasteiger partial charge in [0.1, 0.15) is 5.75 Å². The first-order chi connectivity index (χ1) is 8.44. The highest BCUT2D eigenvalue weighted by Gasteiger charge is 2.12. The van der Waals surface area contributed by atoms with Crippen LogP contribution in [0.2, 0.25) is 0 Å². The zero-order chi connectivity index (χ0) is 13.6. The standard InChI is InChI=1S/C12H20N2O3S/c1-10(2)13-8-9-18(15,16)14-11-6-4-5-7-12(11)17-3/h4-7,10,13-14H,8-9H2,1-3H3. The lowest BCUT2D eigenvalue weighted by Crippen LogP contribution is -2.31. The number of sulfonamides is 1. The van der Waals surface area contributed by atoms with Gasteiger partial charge in [0.15, 0.2) is 0 Å². The van der Waals surface area contributed by atoms with Crippen molar-refractivity contribution < 1.29 is 13.2 Å². The number of hydrogen-bond acceptors (Lipinski definition) is 4. The molecule has 0 radical (unpaired) electrons. The normalized spacial score (nSPS) is 11.6. The molecule has 0 atom stereocenters. The topological polar surface area (TPSA) is 67.4 Å². The van der Waals surface area contributed by atoms with Crippen molar-refractivity contribution in [1.82, 2.24) is 5.32 Å². The predicted molar refractivity (Wildman–Crippen MR) is 73.5 cm³/mol. The lowest BCUT2D eigenvalue weighted by atomic mass is 10.3. The molecule has 0 spiro atoms. The maximum absolute atomic E-state index is 11.8. The summed E-state index contributed by atoms with van der Waals surface area (Å²) >= 11 is 0. The van der Waals surface area contributed by atoms with E-state index in [4.69, 9.17) is 4.74 Å². The van der Waals surface area contributed by atoms with Gasteiger partial charge in [-0.2, -0.15) is 0 Å². The summed E-state index contributed by atoms with van der Waals surface area (Å²) in [6, 6.07) is 7.20. The molecule has 6 heteroatoms. The van der Waals surface area contributed by atoms with Gasteiger partial charge in [-0.3, -0.25) is 4.72 Å². The highest BCUT2D eigenvalue weighted by atomic mass is 32.2. The Bertz CT molecular complexity index is 472. The molecule has 1 aromatic rings. The van der Waals surface area contributed by atoms with Gasteiger partial charge in [-0.25, -0.2) is 8.42 Å². The molecule has 0 heterocycles. The maximum Gasteiger partial charge on any atom is 0.234 e. The number of benzene rings is 1. The van der Waals surface area contributed by atoms with Gasteiger partial charge in [0, 0.05) is 12.6 Å². The van der Waals surface area contributed by atoms with Crippen LogP contribution in [0.15, 0.2) is 24.3 Å². The van der Waals surface area contributed by atoms with Crippen molar-refractivity contribution in [3.8, 4) is 5.75 Å². The molecule has 1 aromatic carbocycles. The van der Waals surface area contributed by atoms with Crippen LogP contribution in [0, 0.1) is 0 Å². The van der Waals surface area contributed by atoms with Gasteiger partial charge >= 0.3 is 0 Å². The van der Waals surface area contributed by atoms with E-state index in [0.29, 0.717) is 18.0 Å². The van der Waals surface area contributed by atoms with Crippen molar-refractivity contribution >= 4 is 15.7 Å². The molecule has 0 aliphatic rings. The van der Waals surface area contributed by atoms with Crippen molar-refractivity contribution in [3.63, 3.8) is 0 Å². The average molecular weight is 272 g/mol. The number of hydrogen-bond donors (Lipinski definition) is 2. The van der Waals surface area contributed by atoms with Crippen molar-refractivity contribution in [3.05, 3.63) is 24.3 Å². The molecule has 0 fully saturated rings. The number of anilines is 1. The number of rotatable bonds is 7. The lowest BCUT2D eigenvalue weighted by Gasteiger charge is -2.12. The quantitative estimate of drug-likeness (QED) is 0.788. The first-order valence-electron chi connectivity index (χ1n) is 5.81. The summed E-state index contributed by atoms with van der Waals surface area (Å²) in [6.45, 7) is 4.36. The van der Waals surface area contributed by atoms with E-state index in [-0.39, 0.29) is 11.8 Å². The molecule has 1 rings (SSSR count). The van der Waals surface area contributed by atoms with Crippen LogP contribution in [-0.4, -0.2) is 33.9 Å². The van der Waals surface area contributed by atoms with Crippen LogP contribution in [0.25, 0.3) is 0 Å². The minimum absolute atomic E-state index is 0.0310. The highest BCUT2D eigenvalue weighted by Crippen LogP contribution is 2.23. The Kier molecular flexibility index (Phi) is 5.43. The second-order valence-electron chi connectivity index (χ2n) is 4.23. The molecule has 102 valence electrons. The van der Waals surface area contributed by atoms with Gasteiger partial charge in [0.05, 0.1) is 18.6 Å². The smallest absolute Gasteiger partial charge is 0.234 e. The Morgan fingerprint density at radius 3 is 2.56 bits per heavy atom. The summed E-state index contributed by atoms with van der Waals surface area (Å²) in [5.74, 6) is 0.543. The van der Waals surface area contributed by atoms with Crippen LogP contribution < -0.4 is 14.8 Å². The van der Waals surface area contributed by atoms with E-state index in [2.05, 4.69) is 10.0 Å². The third-order valence-corrected chi connectivity index (χ3v) is 3.57. The Morgan fingerprint density at radius 1 is 1.28 bits per heavy atom. The highest BCUT2D eigenvalue weighted by molar-refractivity contribution is 7.92. The van der Waals surface area contributed by atoms with Gasteiger partial charge in [0.25, 0.3) is 0 Å². The van der Waals surface area contributed by atoms with Crippen molar-refractivity contribution in [2.75, 3.05) is 24.1 Å². The molecule has 0 aliphatic heterocycles. The summed E-state index contributed by atoms with van der Waals surface area (Å²) in [5.41, 5.74) is 0.463. The van der Waals surface area contributed by atoms with E-state index in [1.807, 2.05) is 13.8 Å². The fraction of sp³-hybridized carbons (Fsp3) is 0.500. The third kappa shape index (κ3) is 4.93. The van der Waals surface area contributed by atoms with Crippen molar-refractivity contribution in [2.24, 2.45) is 0 Å². The Labute approximate surface area is 109 Å². The number of nitrogens with one attached hydrogen (secondary N) is 2. The van der Waals surface area contributed by atoms with E-state index >= 15 is 0 Å². The van der Waals surface area contributed by atoms with E-state index in [1.165, 1.54) is 7.11 Å². The summed E-state index contributed by atoms with van der Waals surface area (Å²) in [6.07, 6.45) is 0. The molecular weight excluding hydrogens is 252 g/mol. The van der Waals surface area contributed by atoms with Gasteiger partial charge in [-0.05, 0) is 12.1 Å². The number of methoxy groups -OCH3 is 1. The van der Waals surface area contributed by atoms with E-state index in [1.54, 1.807) is 24.3 Å². The lowest BCUT2D eigenvalue weighted by molar-refractivity contribution is 0.417. The van der Waals surface area contributed by atoms with Crippen molar-refractivity contribution in [2.45, 2.75) is 19.9 Å². The van der Waals surface area contributed by atoms with Crippen LogP contribution in [0.1, 0.15) is 13.8 Å². The van der Waals surface area contributed by atoms with Crippen LogP contribution in [-0.2, 0) is 10.0 Å². The Hall–Kier alpha value is -1.27. The van der Waals surface area contributed by atoms with Gasteiger partial charge < -0.3 is 10.1 Å². The third-order valence-electron chi connectivity index (χ3n) is 2.30. The minimum Gasteiger partial charge on any atom is -0.495 e. The summed E-state index contributed by atoms with van der Waals surface area (Å²) in [4.78, 5) is 0. The zero-order valence-corrected chi connectivity index (χ0v) is 11.8. The fourth-order valence-corrected chi connectivity index (χ4v) is 2.42. The van der Waals surface area contributed by atoms with Gasteiger partial charge in [-0.1, -0.05) is 26.0 Å². The molecule has 0 aromatic heterocycles. The second-order valence-corrected chi connectivity index (χ2v) is 6.07. The first kappa shape index (κ1) is 14.8. The van der Waals surface area contributed by atoms with E-state index in [9.17, 15) is 8.42 Å². The first-order valence-corrected chi connectivity index (χ1v) is 7.47. The zero-order valence-electron chi connectivity index (χ0n) is 10.9. The molecule has 2 N–H and O–H groups in total. The summed E-state index contributed by atoms with van der Waals surface area (Å²) < 4.78 is 31.3. The monoisotopic (exact) mass is 272 g/mol. The number of ether oxygens (including phenoxy) is 1. The summed E-state index contributed by atoms with van der Waals surface area (Å²) in [7, 11) is -1.85. The van der Waals surface area contributed by atoms with Crippen LogP contribution in [0.4, 0.5) is 5.69 Å². The van der Waals surface area contributed by atoms with Crippen LogP contribution in [0.5, 0.6) is 5.75 Å². The molecule has 0 amide bonds. The molecule has 0 saturated carbocycles. The molecule has 18 heavy (non-hydrogen) atoms. The maximum atomic E-state index is 11.8. The molecule has 0 unspecified atom stereocenters. The molecule has 0 saturated heterocycles. The molecular formula is C12H20N2O3S. The fourth-order valence-electron chi connectivity index (χ4n) is 1.43. The van der Waals surface area contributed by atoms with Gasteiger partial charge in [0.2, 0.25) is 10.0 Å².